The van der Waals surface area contributed by atoms with Gasteiger partial charge in [-0.1, -0.05) is 32.8 Å². The van der Waals surface area contributed by atoms with E-state index in [0.29, 0.717) is 0 Å². The van der Waals surface area contributed by atoms with Crippen molar-refractivity contribution in [3.63, 3.8) is 0 Å². The Balaban J connectivity index is 0. The molecule has 0 spiro atoms. The topological polar surface area (TPSA) is 57.5 Å². The lowest BCUT2D eigenvalue weighted by molar-refractivity contribution is 0.377. The Morgan fingerprint density at radius 1 is 1.36 bits per heavy atom. The zero-order chi connectivity index (χ0) is 9.33. The van der Waals surface area contributed by atoms with Crippen LogP contribution >= 0.6 is 7.60 Å². The van der Waals surface area contributed by atoms with Gasteiger partial charge < -0.3 is 9.79 Å². The van der Waals surface area contributed by atoms with Crippen molar-refractivity contribution in [1.82, 2.24) is 0 Å². The highest BCUT2D eigenvalue weighted by Crippen LogP contribution is 2.33. The molecule has 0 bridgehead atoms. The van der Waals surface area contributed by atoms with Gasteiger partial charge in [0.15, 0.2) is 0 Å². The van der Waals surface area contributed by atoms with Crippen LogP contribution in [0.2, 0.25) is 0 Å². The Morgan fingerprint density at radius 3 is 1.73 bits per heavy atom. The SMILES string of the molecule is C=CCP(=O)(O)O.CCCC. The molecule has 0 aromatic carbocycles. The summed E-state index contributed by atoms with van der Waals surface area (Å²) < 4.78 is 9.85. The number of hydrogen-bond acceptors (Lipinski definition) is 1. The van der Waals surface area contributed by atoms with E-state index in [4.69, 9.17) is 9.79 Å². The van der Waals surface area contributed by atoms with Crippen LogP contribution in [0, 0.1) is 0 Å². The summed E-state index contributed by atoms with van der Waals surface area (Å²) in [4.78, 5) is 16.1. The summed E-state index contributed by atoms with van der Waals surface area (Å²) in [5, 5.41) is 0. The Labute approximate surface area is 68.3 Å². The van der Waals surface area contributed by atoms with Crippen molar-refractivity contribution in [2.24, 2.45) is 0 Å². The number of unbranched alkanes of at least 4 members (excludes halogenated alkanes) is 1. The molecule has 0 aliphatic heterocycles. The Morgan fingerprint density at radius 2 is 1.73 bits per heavy atom. The maximum Gasteiger partial charge on any atom is 0.329 e. The summed E-state index contributed by atoms with van der Waals surface area (Å²) in [5.41, 5.74) is 0. The maximum absolute atomic E-state index is 9.85. The van der Waals surface area contributed by atoms with Gasteiger partial charge in [-0.3, -0.25) is 4.57 Å². The van der Waals surface area contributed by atoms with Crippen LogP contribution in [0.25, 0.3) is 0 Å². The highest BCUT2D eigenvalue weighted by Gasteiger charge is 2.06. The fourth-order valence-corrected chi connectivity index (χ4v) is 0.505. The monoisotopic (exact) mass is 180 g/mol. The van der Waals surface area contributed by atoms with Crippen LogP contribution in [0.15, 0.2) is 12.7 Å². The summed E-state index contributed by atoms with van der Waals surface area (Å²) in [5.74, 6) is 0. The molecule has 0 aromatic rings. The fourth-order valence-electron chi connectivity index (χ4n) is 0.168. The molecule has 2 N–H and O–H groups in total. The second-order valence-corrected chi connectivity index (χ2v) is 3.83. The molecule has 0 unspecified atom stereocenters. The molecule has 0 aromatic heterocycles. The van der Waals surface area contributed by atoms with E-state index < -0.39 is 7.60 Å². The normalized spacial score (nSPS) is 9.82. The fraction of sp³-hybridized carbons (Fsp3) is 0.714. The summed E-state index contributed by atoms with van der Waals surface area (Å²) >= 11 is 0. The second kappa shape index (κ2) is 7.99. The van der Waals surface area contributed by atoms with Gasteiger partial charge in [0.1, 0.15) is 0 Å². The zero-order valence-corrected chi connectivity index (χ0v) is 8.05. The average molecular weight is 180 g/mol. The van der Waals surface area contributed by atoms with E-state index in [2.05, 4.69) is 20.4 Å². The minimum atomic E-state index is -3.78. The van der Waals surface area contributed by atoms with Crippen molar-refractivity contribution in [3.05, 3.63) is 12.7 Å². The highest BCUT2D eigenvalue weighted by molar-refractivity contribution is 7.51. The minimum absolute atomic E-state index is 0.229. The molecule has 0 aliphatic carbocycles. The highest BCUT2D eigenvalue weighted by atomic mass is 31.2. The van der Waals surface area contributed by atoms with Gasteiger partial charge in [0.05, 0.1) is 6.16 Å². The third-order valence-corrected chi connectivity index (χ3v) is 1.60. The van der Waals surface area contributed by atoms with Gasteiger partial charge in [-0.25, -0.2) is 0 Å². The van der Waals surface area contributed by atoms with Crippen LogP contribution in [0.1, 0.15) is 26.7 Å². The van der Waals surface area contributed by atoms with Gasteiger partial charge in [0, 0.05) is 0 Å². The molecular weight excluding hydrogens is 163 g/mol. The molecule has 0 fully saturated rings. The summed E-state index contributed by atoms with van der Waals surface area (Å²) in [6, 6.07) is 0. The predicted octanol–water partition coefficient (Wildman–Crippen LogP) is 2.16. The molecule has 4 heteroatoms. The smallest absolute Gasteiger partial charge is 0.324 e. The van der Waals surface area contributed by atoms with E-state index in [0.717, 1.165) is 0 Å². The van der Waals surface area contributed by atoms with Crippen molar-refractivity contribution in [2.75, 3.05) is 6.16 Å². The zero-order valence-electron chi connectivity index (χ0n) is 7.16. The lowest BCUT2D eigenvalue weighted by atomic mass is 10.4. The van der Waals surface area contributed by atoms with E-state index >= 15 is 0 Å². The molecule has 3 nitrogen and oxygen atoms in total. The number of rotatable bonds is 3. The third-order valence-electron chi connectivity index (χ3n) is 0.867. The molecule has 0 radical (unpaired) electrons. The van der Waals surface area contributed by atoms with E-state index in [1.807, 2.05) is 0 Å². The number of allylic oxidation sites excluding steroid dienone is 1. The third kappa shape index (κ3) is 25.7. The van der Waals surface area contributed by atoms with Crippen LogP contribution in [0.5, 0.6) is 0 Å². The molecule has 0 saturated heterocycles. The first-order valence-electron chi connectivity index (χ1n) is 3.63. The molecule has 68 valence electrons. The van der Waals surface area contributed by atoms with Gasteiger partial charge >= 0.3 is 7.60 Å². The lowest BCUT2D eigenvalue weighted by Crippen LogP contribution is -1.78. The first-order chi connectivity index (χ1) is 4.97. The van der Waals surface area contributed by atoms with Crippen molar-refractivity contribution >= 4 is 7.60 Å². The van der Waals surface area contributed by atoms with Gasteiger partial charge in [-0.2, -0.15) is 0 Å². The van der Waals surface area contributed by atoms with Gasteiger partial charge in [-0.05, 0) is 0 Å². The van der Waals surface area contributed by atoms with Crippen molar-refractivity contribution in [1.29, 1.82) is 0 Å². The van der Waals surface area contributed by atoms with Crippen molar-refractivity contribution in [3.8, 4) is 0 Å². The van der Waals surface area contributed by atoms with Gasteiger partial charge in [0.2, 0.25) is 0 Å². The van der Waals surface area contributed by atoms with E-state index in [1.165, 1.54) is 18.9 Å². The minimum Gasteiger partial charge on any atom is -0.324 e. The summed E-state index contributed by atoms with van der Waals surface area (Å²) in [7, 11) is -3.78. The molecule has 0 rings (SSSR count). The first-order valence-corrected chi connectivity index (χ1v) is 5.43. The predicted molar refractivity (Wildman–Crippen MR) is 47.7 cm³/mol. The van der Waals surface area contributed by atoms with Crippen molar-refractivity contribution in [2.45, 2.75) is 26.7 Å². The Kier molecular flexibility index (Phi) is 9.79. The van der Waals surface area contributed by atoms with Crippen molar-refractivity contribution < 1.29 is 14.4 Å². The quantitative estimate of drug-likeness (QED) is 0.516. The summed E-state index contributed by atoms with van der Waals surface area (Å²) in [6.07, 6.45) is 3.60. The van der Waals surface area contributed by atoms with Gasteiger partial charge in [-0.15, -0.1) is 6.58 Å². The number of hydrogen-bond donors (Lipinski definition) is 2. The molecule has 0 amide bonds. The van der Waals surface area contributed by atoms with E-state index in [-0.39, 0.29) is 6.16 Å². The van der Waals surface area contributed by atoms with Crippen LogP contribution in [-0.2, 0) is 4.57 Å². The second-order valence-electron chi connectivity index (χ2n) is 2.14. The maximum atomic E-state index is 9.85. The molecule has 11 heavy (non-hydrogen) atoms. The van der Waals surface area contributed by atoms with Crippen LogP contribution < -0.4 is 0 Å². The van der Waals surface area contributed by atoms with E-state index in [1.54, 1.807) is 0 Å². The van der Waals surface area contributed by atoms with E-state index in [9.17, 15) is 4.57 Å². The van der Waals surface area contributed by atoms with Crippen LogP contribution in [-0.4, -0.2) is 15.9 Å². The van der Waals surface area contributed by atoms with Crippen LogP contribution in [0.3, 0.4) is 0 Å². The average Bonchev–Trinajstić information content (AvgIpc) is 1.86. The Hall–Kier alpha value is -0.110. The first kappa shape index (κ1) is 13.5. The molecular formula is C7H17O3P. The van der Waals surface area contributed by atoms with Gasteiger partial charge in [0.25, 0.3) is 0 Å². The Bertz CT molecular complexity index is 126. The largest absolute Gasteiger partial charge is 0.329 e. The molecule has 0 atom stereocenters. The summed E-state index contributed by atoms with van der Waals surface area (Å²) in [6.45, 7) is 7.51. The van der Waals surface area contributed by atoms with Crippen LogP contribution in [0.4, 0.5) is 0 Å². The standard InChI is InChI=1S/C4H10.C3H7O3P/c1-3-4-2;1-2-3-7(4,5)6/h3-4H2,1-2H3;2H,1,3H2,(H2,4,5,6). The molecule has 0 heterocycles. The molecule has 0 saturated carbocycles. The lowest BCUT2D eigenvalue weighted by Gasteiger charge is -1.94. The molecule has 0 aliphatic rings.